The number of esters is 1. The Balaban J connectivity index is 2.06. The Morgan fingerprint density at radius 1 is 1.39 bits per heavy atom. The summed E-state index contributed by atoms with van der Waals surface area (Å²) >= 11 is 5.80. The molecule has 1 aliphatic heterocycles. The summed E-state index contributed by atoms with van der Waals surface area (Å²) in [4.78, 5) is 11.8. The Morgan fingerprint density at radius 2 is 2.09 bits per heavy atom. The van der Waals surface area contributed by atoms with E-state index >= 15 is 0 Å². The van der Waals surface area contributed by atoms with Crippen molar-refractivity contribution >= 4 is 33.7 Å². The number of nitrogens with zero attached hydrogens (tertiary/aromatic N) is 1. The van der Waals surface area contributed by atoms with Crippen LogP contribution in [0.5, 0.6) is 0 Å². The second-order valence-corrected chi connectivity index (χ2v) is 7.60. The monoisotopic (exact) mass is 357 g/mol. The van der Waals surface area contributed by atoms with Crippen LogP contribution in [0.25, 0.3) is 6.08 Å². The minimum Gasteiger partial charge on any atom is -0.466 e. The van der Waals surface area contributed by atoms with E-state index in [4.69, 9.17) is 16.3 Å². The van der Waals surface area contributed by atoms with Gasteiger partial charge in [0.2, 0.25) is 10.0 Å². The predicted octanol–water partition coefficient (Wildman–Crippen LogP) is 2.92. The molecule has 1 unspecified atom stereocenters. The minimum absolute atomic E-state index is 0.173. The van der Waals surface area contributed by atoms with Crippen LogP contribution < -0.4 is 0 Å². The van der Waals surface area contributed by atoms with Gasteiger partial charge >= 0.3 is 5.97 Å². The van der Waals surface area contributed by atoms with Crippen LogP contribution in [0.4, 0.5) is 0 Å². The van der Waals surface area contributed by atoms with Crippen LogP contribution in [0.3, 0.4) is 0 Å². The Kier molecular flexibility index (Phi) is 6.21. The normalized spacial score (nSPS) is 19.8. The van der Waals surface area contributed by atoms with Gasteiger partial charge in [0.15, 0.2) is 0 Å². The van der Waals surface area contributed by atoms with E-state index in [1.807, 2.05) is 0 Å². The van der Waals surface area contributed by atoms with Gasteiger partial charge in [0.1, 0.15) is 0 Å². The molecule has 1 heterocycles. The third-order valence-electron chi connectivity index (χ3n) is 3.67. The lowest BCUT2D eigenvalue weighted by molar-refractivity contribution is -0.149. The highest BCUT2D eigenvalue weighted by molar-refractivity contribution is 7.92. The summed E-state index contributed by atoms with van der Waals surface area (Å²) in [7, 11) is -3.56. The van der Waals surface area contributed by atoms with Crippen LogP contribution >= 0.6 is 11.6 Å². The second kappa shape index (κ2) is 7.95. The summed E-state index contributed by atoms with van der Waals surface area (Å²) in [6.07, 6.45) is 2.84. The summed E-state index contributed by atoms with van der Waals surface area (Å²) in [5.41, 5.74) is 0.747. The fraction of sp³-hybridized carbons (Fsp3) is 0.438. The van der Waals surface area contributed by atoms with Gasteiger partial charge in [-0.25, -0.2) is 8.42 Å². The maximum Gasteiger partial charge on any atom is 0.310 e. The zero-order valence-electron chi connectivity index (χ0n) is 12.9. The van der Waals surface area contributed by atoms with Crippen LogP contribution in [0.1, 0.15) is 25.3 Å². The number of hydrogen-bond donors (Lipinski definition) is 0. The fourth-order valence-corrected chi connectivity index (χ4v) is 3.85. The number of carbonyl (C=O) groups is 1. The van der Waals surface area contributed by atoms with Crippen molar-refractivity contribution in [2.45, 2.75) is 19.8 Å². The molecule has 0 spiro atoms. The minimum atomic E-state index is -3.56. The Bertz CT molecular complexity index is 670. The van der Waals surface area contributed by atoms with Gasteiger partial charge in [0.25, 0.3) is 0 Å². The van der Waals surface area contributed by atoms with Crippen LogP contribution in [0.2, 0.25) is 5.02 Å². The van der Waals surface area contributed by atoms with Crippen molar-refractivity contribution in [1.82, 2.24) is 4.31 Å². The molecule has 2 rings (SSSR count). The molecule has 23 heavy (non-hydrogen) atoms. The molecule has 1 saturated heterocycles. The first-order valence-electron chi connectivity index (χ1n) is 7.53. The van der Waals surface area contributed by atoms with Crippen molar-refractivity contribution in [3.8, 4) is 0 Å². The van der Waals surface area contributed by atoms with E-state index in [2.05, 4.69) is 0 Å². The number of rotatable bonds is 5. The van der Waals surface area contributed by atoms with E-state index < -0.39 is 10.0 Å². The van der Waals surface area contributed by atoms with Crippen molar-refractivity contribution in [2.24, 2.45) is 5.92 Å². The second-order valence-electron chi connectivity index (χ2n) is 5.35. The number of ether oxygens (including phenoxy) is 1. The smallest absolute Gasteiger partial charge is 0.310 e. The summed E-state index contributed by atoms with van der Waals surface area (Å²) < 4.78 is 31.2. The molecule has 5 nitrogen and oxygen atoms in total. The SMILES string of the molecule is CCOC(=O)C1CCCN(S(=O)(=O)C=Cc2ccc(Cl)cc2)C1. The lowest BCUT2D eigenvalue weighted by Crippen LogP contribution is -2.41. The predicted molar refractivity (Wildman–Crippen MR) is 90.3 cm³/mol. The average molecular weight is 358 g/mol. The molecule has 1 aliphatic rings. The third-order valence-corrected chi connectivity index (χ3v) is 5.45. The topological polar surface area (TPSA) is 63.7 Å². The number of carbonyl (C=O) groups excluding carboxylic acids is 1. The molecule has 126 valence electrons. The third kappa shape index (κ3) is 5.06. The lowest BCUT2D eigenvalue weighted by Gasteiger charge is -2.29. The molecule has 0 bridgehead atoms. The van der Waals surface area contributed by atoms with E-state index in [1.165, 1.54) is 15.8 Å². The standard InChI is InChI=1S/C16H20ClNO4S/c1-2-22-16(19)14-4-3-10-18(12-14)23(20,21)11-9-13-5-7-15(17)8-6-13/h5-9,11,14H,2-4,10,12H2,1H3. The first-order valence-corrected chi connectivity index (χ1v) is 9.41. The first kappa shape index (κ1) is 18.0. The molecule has 7 heteroatoms. The van der Waals surface area contributed by atoms with E-state index in [-0.39, 0.29) is 18.4 Å². The van der Waals surface area contributed by atoms with Gasteiger partial charge < -0.3 is 4.74 Å². The van der Waals surface area contributed by atoms with Gasteiger partial charge in [0.05, 0.1) is 12.5 Å². The van der Waals surface area contributed by atoms with Crippen LogP contribution in [-0.2, 0) is 19.6 Å². The Hall–Kier alpha value is -1.37. The summed E-state index contributed by atoms with van der Waals surface area (Å²) in [6.45, 7) is 2.64. The van der Waals surface area contributed by atoms with Crippen molar-refractivity contribution in [3.05, 3.63) is 40.3 Å². The molecule has 0 N–H and O–H groups in total. The van der Waals surface area contributed by atoms with Crippen molar-refractivity contribution in [3.63, 3.8) is 0 Å². The molecular weight excluding hydrogens is 338 g/mol. The Labute approximate surface area is 141 Å². The molecule has 1 atom stereocenters. The van der Waals surface area contributed by atoms with E-state index in [1.54, 1.807) is 31.2 Å². The highest BCUT2D eigenvalue weighted by atomic mass is 35.5. The van der Waals surface area contributed by atoms with Gasteiger partial charge in [0, 0.05) is 23.5 Å². The van der Waals surface area contributed by atoms with Gasteiger partial charge in [-0.1, -0.05) is 23.7 Å². The first-order chi connectivity index (χ1) is 10.9. The van der Waals surface area contributed by atoms with Crippen LogP contribution in [-0.4, -0.2) is 38.4 Å². The molecule has 0 aliphatic carbocycles. The highest BCUT2D eigenvalue weighted by Gasteiger charge is 2.31. The number of piperidine rings is 1. The zero-order chi connectivity index (χ0) is 16.9. The molecular formula is C16H20ClNO4S. The lowest BCUT2D eigenvalue weighted by atomic mass is 10.0. The van der Waals surface area contributed by atoms with Gasteiger partial charge in [-0.3, -0.25) is 4.79 Å². The fourth-order valence-electron chi connectivity index (χ4n) is 2.45. The van der Waals surface area contributed by atoms with E-state index in [9.17, 15) is 13.2 Å². The largest absolute Gasteiger partial charge is 0.466 e. The van der Waals surface area contributed by atoms with Gasteiger partial charge in [-0.15, -0.1) is 0 Å². The number of halogens is 1. The number of benzene rings is 1. The maximum atomic E-state index is 12.4. The van der Waals surface area contributed by atoms with Crippen molar-refractivity contribution in [1.29, 1.82) is 0 Å². The molecule has 0 radical (unpaired) electrons. The summed E-state index contributed by atoms with van der Waals surface area (Å²) in [6, 6.07) is 6.88. The van der Waals surface area contributed by atoms with Crippen molar-refractivity contribution in [2.75, 3.05) is 19.7 Å². The highest BCUT2D eigenvalue weighted by Crippen LogP contribution is 2.21. The quantitative estimate of drug-likeness (QED) is 0.760. The molecule has 0 amide bonds. The molecule has 1 fully saturated rings. The number of hydrogen-bond acceptors (Lipinski definition) is 4. The maximum absolute atomic E-state index is 12.4. The van der Waals surface area contributed by atoms with E-state index in [0.717, 1.165) is 5.56 Å². The van der Waals surface area contributed by atoms with Crippen molar-refractivity contribution < 1.29 is 17.9 Å². The van der Waals surface area contributed by atoms with Crippen LogP contribution in [0, 0.1) is 5.92 Å². The summed E-state index contributed by atoms with van der Waals surface area (Å²) in [5.74, 6) is -0.712. The molecule has 1 aromatic rings. The number of sulfonamides is 1. The Morgan fingerprint density at radius 3 is 2.74 bits per heavy atom. The average Bonchev–Trinajstić information content (AvgIpc) is 2.55. The summed E-state index contributed by atoms with van der Waals surface area (Å²) in [5, 5.41) is 1.77. The zero-order valence-corrected chi connectivity index (χ0v) is 14.5. The van der Waals surface area contributed by atoms with E-state index in [0.29, 0.717) is 31.0 Å². The van der Waals surface area contributed by atoms with Crippen LogP contribution in [0.15, 0.2) is 29.7 Å². The molecule has 1 aromatic carbocycles. The van der Waals surface area contributed by atoms with Gasteiger partial charge in [-0.05, 0) is 43.5 Å². The van der Waals surface area contributed by atoms with Gasteiger partial charge in [-0.2, -0.15) is 4.31 Å². The molecule has 0 saturated carbocycles. The molecule has 0 aromatic heterocycles.